The maximum atomic E-state index is 12.1. The molecular weight excluding hydrogens is 346 g/mol. The first-order chi connectivity index (χ1) is 12.8. The second kappa shape index (κ2) is 8.98. The molecule has 2 rings (SSSR count). The van der Waals surface area contributed by atoms with Gasteiger partial charge in [0.1, 0.15) is 5.75 Å². The zero-order valence-electron chi connectivity index (χ0n) is 15.9. The number of Topliss-reactive ketones (excluding diaryl/α,β-unsaturated/α-hetero) is 1. The van der Waals surface area contributed by atoms with E-state index in [0.717, 1.165) is 16.7 Å². The molecule has 0 radical (unpaired) electrons. The van der Waals surface area contributed by atoms with E-state index in [-0.39, 0.29) is 24.9 Å². The highest BCUT2D eigenvalue weighted by Crippen LogP contribution is 2.24. The van der Waals surface area contributed by atoms with E-state index in [0.29, 0.717) is 17.0 Å². The number of aryl methyl sites for hydroxylation is 3. The number of ketones is 1. The number of esters is 1. The van der Waals surface area contributed by atoms with Gasteiger partial charge < -0.3 is 14.8 Å². The lowest BCUT2D eigenvalue weighted by Crippen LogP contribution is -2.20. The van der Waals surface area contributed by atoms with E-state index in [4.69, 9.17) is 9.47 Å². The quantitative estimate of drug-likeness (QED) is 0.598. The molecule has 0 fully saturated rings. The van der Waals surface area contributed by atoms with Crippen LogP contribution < -0.4 is 10.1 Å². The van der Waals surface area contributed by atoms with Gasteiger partial charge in [-0.2, -0.15) is 0 Å². The highest BCUT2D eigenvalue weighted by atomic mass is 16.6. The van der Waals surface area contributed by atoms with Gasteiger partial charge in [-0.1, -0.05) is 17.7 Å². The molecule has 0 aliphatic rings. The number of carbonyl (C=O) groups excluding carboxylic acids is 3. The van der Waals surface area contributed by atoms with Gasteiger partial charge in [0.05, 0.1) is 0 Å². The van der Waals surface area contributed by atoms with E-state index in [2.05, 4.69) is 5.32 Å². The lowest BCUT2D eigenvalue weighted by atomic mass is 10.1. The van der Waals surface area contributed by atoms with E-state index in [1.165, 1.54) is 6.92 Å². The molecule has 0 unspecified atom stereocenters. The highest BCUT2D eigenvalue weighted by molar-refractivity contribution is 5.98. The minimum Gasteiger partial charge on any atom is -0.481 e. The van der Waals surface area contributed by atoms with Crippen molar-refractivity contribution in [3.05, 3.63) is 58.7 Å². The van der Waals surface area contributed by atoms with Crippen molar-refractivity contribution in [1.82, 2.24) is 0 Å². The largest absolute Gasteiger partial charge is 0.481 e. The Labute approximate surface area is 158 Å². The molecule has 0 heterocycles. The lowest BCUT2D eigenvalue weighted by Gasteiger charge is -2.12. The first-order valence-electron chi connectivity index (χ1n) is 8.53. The Bertz CT molecular complexity index is 832. The van der Waals surface area contributed by atoms with Crippen molar-refractivity contribution < 1.29 is 23.9 Å². The molecule has 0 saturated heterocycles. The predicted molar refractivity (Wildman–Crippen MR) is 102 cm³/mol. The number of hydrogen-bond donors (Lipinski definition) is 1. The summed E-state index contributed by atoms with van der Waals surface area (Å²) in [6.07, 6.45) is 0. The van der Waals surface area contributed by atoms with Gasteiger partial charge in [0.15, 0.2) is 19.0 Å². The molecular formula is C21H23NO5. The Morgan fingerprint density at radius 3 is 2.07 bits per heavy atom. The van der Waals surface area contributed by atoms with Crippen LogP contribution >= 0.6 is 0 Å². The van der Waals surface area contributed by atoms with Crippen LogP contribution in [-0.4, -0.2) is 30.9 Å². The van der Waals surface area contributed by atoms with Crippen molar-refractivity contribution in [2.75, 3.05) is 18.5 Å². The maximum Gasteiger partial charge on any atom is 0.344 e. The highest BCUT2D eigenvalue weighted by Gasteiger charge is 2.12. The molecule has 0 spiro atoms. The molecule has 142 valence electrons. The van der Waals surface area contributed by atoms with Crippen molar-refractivity contribution in [1.29, 1.82) is 0 Å². The van der Waals surface area contributed by atoms with Crippen molar-refractivity contribution in [2.24, 2.45) is 0 Å². The van der Waals surface area contributed by atoms with Gasteiger partial charge in [0.2, 0.25) is 5.91 Å². The Hall–Kier alpha value is -3.15. The summed E-state index contributed by atoms with van der Waals surface area (Å²) in [5, 5.41) is 2.61. The summed E-state index contributed by atoms with van der Waals surface area (Å²) in [5.74, 6) is -0.488. The molecule has 2 aromatic rings. The van der Waals surface area contributed by atoms with Gasteiger partial charge >= 0.3 is 5.97 Å². The minimum absolute atomic E-state index is 0.193. The third-order valence-electron chi connectivity index (χ3n) is 3.83. The molecule has 0 aliphatic heterocycles. The SMILES string of the molecule is CC(=O)Nc1ccc(C(=O)COC(=O)COc2c(C)cc(C)cc2C)cc1. The first kappa shape index (κ1) is 20.2. The van der Waals surface area contributed by atoms with Crippen molar-refractivity contribution >= 4 is 23.3 Å². The monoisotopic (exact) mass is 369 g/mol. The Morgan fingerprint density at radius 2 is 1.52 bits per heavy atom. The maximum absolute atomic E-state index is 12.1. The summed E-state index contributed by atoms with van der Waals surface area (Å²) in [5.41, 5.74) is 3.98. The number of amides is 1. The molecule has 0 atom stereocenters. The van der Waals surface area contributed by atoms with E-state index in [1.807, 2.05) is 32.9 Å². The van der Waals surface area contributed by atoms with Gasteiger partial charge in [0.25, 0.3) is 0 Å². The van der Waals surface area contributed by atoms with Crippen molar-refractivity contribution in [3.63, 3.8) is 0 Å². The molecule has 6 nitrogen and oxygen atoms in total. The van der Waals surface area contributed by atoms with Gasteiger partial charge in [0, 0.05) is 18.2 Å². The van der Waals surface area contributed by atoms with E-state index >= 15 is 0 Å². The van der Waals surface area contributed by atoms with Gasteiger partial charge in [-0.25, -0.2) is 4.79 Å². The van der Waals surface area contributed by atoms with Gasteiger partial charge in [-0.3, -0.25) is 9.59 Å². The van der Waals surface area contributed by atoms with Crippen LogP contribution in [0.2, 0.25) is 0 Å². The Morgan fingerprint density at radius 1 is 0.926 bits per heavy atom. The average molecular weight is 369 g/mol. The number of ether oxygens (including phenoxy) is 2. The van der Waals surface area contributed by atoms with E-state index in [1.54, 1.807) is 24.3 Å². The summed E-state index contributed by atoms with van der Waals surface area (Å²) < 4.78 is 10.5. The van der Waals surface area contributed by atoms with Gasteiger partial charge in [-0.15, -0.1) is 0 Å². The second-order valence-electron chi connectivity index (χ2n) is 6.36. The summed E-state index contributed by atoms with van der Waals surface area (Å²) in [6.45, 7) is 6.59. The number of anilines is 1. The normalized spacial score (nSPS) is 10.2. The zero-order valence-corrected chi connectivity index (χ0v) is 15.9. The van der Waals surface area contributed by atoms with Crippen LogP contribution in [0.1, 0.15) is 34.0 Å². The summed E-state index contributed by atoms with van der Waals surface area (Å²) >= 11 is 0. The number of rotatable bonds is 7. The van der Waals surface area contributed by atoms with Crippen LogP contribution in [0.25, 0.3) is 0 Å². The Balaban J connectivity index is 1.85. The number of hydrogen-bond acceptors (Lipinski definition) is 5. The summed E-state index contributed by atoms with van der Waals surface area (Å²) in [6, 6.07) is 10.3. The second-order valence-corrected chi connectivity index (χ2v) is 6.36. The average Bonchev–Trinajstić information content (AvgIpc) is 2.58. The fourth-order valence-corrected chi connectivity index (χ4v) is 2.74. The van der Waals surface area contributed by atoms with Crippen LogP contribution in [0, 0.1) is 20.8 Å². The number of nitrogens with one attached hydrogen (secondary N) is 1. The smallest absolute Gasteiger partial charge is 0.344 e. The van der Waals surface area contributed by atoms with E-state index in [9.17, 15) is 14.4 Å². The molecule has 0 bridgehead atoms. The van der Waals surface area contributed by atoms with Crippen LogP contribution in [0.4, 0.5) is 5.69 Å². The zero-order chi connectivity index (χ0) is 20.0. The molecule has 1 N–H and O–H groups in total. The topological polar surface area (TPSA) is 81.7 Å². The molecule has 2 aromatic carbocycles. The van der Waals surface area contributed by atoms with Crippen LogP contribution in [0.3, 0.4) is 0 Å². The number of benzene rings is 2. The van der Waals surface area contributed by atoms with E-state index < -0.39 is 5.97 Å². The van der Waals surface area contributed by atoms with Crippen molar-refractivity contribution in [3.8, 4) is 5.75 Å². The standard InChI is InChI=1S/C21H23NO5/c1-13-9-14(2)21(15(3)10-13)27-12-20(25)26-11-19(24)17-5-7-18(8-6-17)22-16(4)23/h5-10H,11-12H2,1-4H3,(H,22,23). The minimum atomic E-state index is -0.613. The fourth-order valence-electron chi connectivity index (χ4n) is 2.74. The molecule has 6 heteroatoms. The third kappa shape index (κ3) is 5.95. The fraction of sp³-hybridized carbons (Fsp3) is 0.286. The number of carbonyl (C=O) groups is 3. The summed E-state index contributed by atoms with van der Waals surface area (Å²) in [4.78, 5) is 35.0. The molecule has 27 heavy (non-hydrogen) atoms. The third-order valence-corrected chi connectivity index (χ3v) is 3.83. The van der Waals surface area contributed by atoms with Gasteiger partial charge in [-0.05, 0) is 56.2 Å². The summed E-state index contributed by atoms with van der Waals surface area (Å²) in [7, 11) is 0. The van der Waals surface area contributed by atoms with Crippen LogP contribution in [0.15, 0.2) is 36.4 Å². The van der Waals surface area contributed by atoms with Crippen molar-refractivity contribution in [2.45, 2.75) is 27.7 Å². The molecule has 1 amide bonds. The molecule has 0 aliphatic carbocycles. The van der Waals surface area contributed by atoms with Crippen LogP contribution in [-0.2, 0) is 14.3 Å². The predicted octanol–water partition coefficient (Wildman–Crippen LogP) is 3.38. The molecule has 0 saturated carbocycles. The van der Waals surface area contributed by atoms with Crippen LogP contribution in [0.5, 0.6) is 5.75 Å². The molecule has 0 aromatic heterocycles. The lowest BCUT2D eigenvalue weighted by molar-refractivity contribution is -0.144. The Kier molecular flexibility index (Phi) is 6.71. The first-order valence-corrected chi connectivity index (χ1v) is 8.53.